The molecule has 1 aliphatic rings. The maximum Gasteiger partial charge on any atom is 0.240 e. The average molecular weight is 281 g/mol. The van der Waals surface area contributed by atoms with Crippen molar-refractivity contribution in [2.75, 3.05) is 26.2 Å². The average Bonchev–Trinajstić information content (AvgIpc) is 2.82. The molecule has 1 aromatic heterocycles. The molecule has 0 aromatic carbocycles. The van der Waals surface area contributed by atoms with Crippen molar-refractivity contribution in [2.24, 2.45) is 0 Å². The first-order chi connectivity index (χ1) is 9.00. The van der Waals surface area contributed by atoms with E-state index >= 15 is 0 Å². The number of carbonyl (C=O) groups excluding carboxylic acids is 1. The van der Waals surface area contributed by atoms with Crippen LogP contribution >= 0.6 is 11.3 Å². The minimum atomic E-state index is -0.436. The predicted molar refractivity (Wildman–Crippen MR) is 79.4 cm³/mol. The Morgan fingerprint density at radius 1 is 1.42 bits per heavy atom. The molecule has 0 bridgehead atoms. The third kappa shape index (κ3) is 3.55. The van der Waals surface area contributed by atoms with Gasteiger partial charge in [0.25, 0.3) is 0 Å². The summed E-state index contributed by atoms with van der Waals surface area (Å²) < 4.78 is 0. The highest BCUT2D eigenvalue weighted by Crippen LogP contribution is 2.17. The van der Waals surface area contributed by atoms with Gasteiger partial charge in [-0.3, -0.25) is 9.69 Å². The predicted octanol–water partition coefficient (Wildman–Crippen LogP) is 1.36. The molecule has 0 spiro atoms. The third-order valence-corrected chi connectivity index (χ3v) is 4.68. The Bertz CT molecular complexity index is 436. The van der Waals surface area contributed by atoms with Gasteiger partial charge in [-0.15, -0.1) is 11.3 Å². The van der Waals surface area contributed by atoms with E-state index < -0.39 is 5.54 Å². The summed E-state index contributed by atoms with van der Waals surface area (Å²) in [5.41, 5.74) is -0.436. The second kappa shape index (κ2) is 6.03. The van der Waals surface area contributed by atoms with E-state index in [1.807, 2.05) is 13.8 Å². The molecular formula is C14H23N3OS. The molecule has 2 N–H and O–H groups in total. The van der Waals surface area contributed by atoms with Gasteiger partial charge in [-0.05, 0) is 32.9 Å². The Morgan fingerprint density at radius 3 is 2.68 bits per heavy atom. The van der Waals surface area contributed by atoms with E-state index in [4.69, 9.17) is 0 Å². The SMILES string of the molecule is Cc1ccc(CNC(=O)C(C)(C)N2CCNCC2)s1. The normalized spacial score (nSPS) is 17.4. The van der Waals surface area contributed by atoms with Gasteiger partial charge in [0, 0.05) is 35.9 Å². The van der Waals surface area contributed by atoms with Crippen molar-refractivity contribution in [3.8, 4) is 0 Å². The summed E-state index contributed by atoms with van der Waals surface area (Å²) in [6.45, 7) is 10.5. The Hall–Kier alpha value is -0.910. The van der Waals surface area contributed by atoms with Gasteiger partial charge in [0.2, 0.25) is 5.91 Å². The molecule has 2 rings (SSSR count). The molecule has 106 valence electrons. The van der Waals surface area contributed by atoms with E-state index in [0.29, 0.717) is 6.54 Å². The first-order valence-electron chi connectivity index (χ1n) is 6.79. The number of hydrogen-bond donors (Lipinski definition) is 2. The van der Waals surface area contributed by atoms with E-state index in [1.165, 1.54) is 9.75 Å². The molecule has 0 saturated carbocycles. The monoisotopic (exact) mass is 281 g/mol. The van der Waals surface area contributed by atoms with Crippen LogP contribution in [0.2, 0.25) is 0 Å². The molecule has 0 atom stereocenters. The number of aryl methyl sites for hydroxylation is 1. The number of amides is 1. The van der Waals surface area contributed by atoms with E-state index in [1.54, 1.807) is 11.3 Å². The molecule has 19 heavy (non-hydrogen) atoms. The number of rotatable bonds is 4. The summed E-state index contributed by atoms with van der Waals surface area (Å²) >= 11 is 1.74. The van der Waals surface area contributed by atoms with Crippen LogP contribution in [0.5, 0.6) is 0 Å². The van der Waals surface area contributed by atoms with Crippen LogP contribution in [0.4, 0.5) is 0 Å². The van der Waals surface area contributed by atoms with Crippen molar-refractivity contribution >= 4 is 17.2 Å². The van der Waals surface area contributed by atoms with Crippen molar-refractivity contribution in [1.29, 1.82) is 0 Å². The van der Waals surface area contributed by atoms with Gasteiger partial charge in [0.15, 0.2) is 0 Å². The van der Waals surface area contributed by atoms with E-state index in [2.05, 4.69) is 34.6 Å². The Morgan fingerprint density at radius 2 is 2.11 bits per heavy atom. The van der Waals surface area contributed by atoms with Crippen LogP contribution in [0.15, 0.2) is 12.1 Å². The molecule has 0 unspecified atom stereocenters. The van der Waals surface area contributed by atoms with Crippen molar-refractivity contribution < 1.29 is 4.79 Å². The number of piperazine rings is 1. The van der Waals surface area contributed by atoms with Crippen LogP contribution in [-0.4, -0.2) is 42.5 Å². The topological polar surface area (TPSA) is 44.4 Å². The lowest BCUT2D eigenvalue weighted by Gasteiger charge is -2.39. The molecule has 0 aliphatic carbocycles. The van der Waals surface area contributed by atoms with Gasteiger partial charge >= 0.3 is 0 Å². The zero-order valence-electron chi connectivity index (χ0n) is 12.0. The molecule has 1 amide bonds. The van der Waals surface area contributed by atoms with Crippen molar-refractivity contribution in [3.63, 3.8) is 0 Å². The van der Waals surface area contributed by atoms with E-state index in [0.717, 1.165) is 26.2 Å². The van der Waals surface area contributed by atoms with Gasteiger partial charge in [-0.1, -0.05) is 0 Å². The second-order valence-corrected chi connectivity index (χ2v) is 6.86. The summed E-state index contributed by atoms with van der Waals surface area (Å²) in [5, 5.41) is 6.37. The van der Waals surface area contributed by atoms with Gasteiger partial charge in [0.05, 0.1) is 12.1 Å². The highest BCUT2D eigenvalue weighted by Gasteiger charge is 2.34. The van der Waals surface area contributed by atoms with Crippen LogP contribution in [-0.2, 0) is 11.3 Å². The van der Waals surface area contributed by atoms with E-state index in [9.17, 15) is 4.79 Å². The highest BCUT2D eigenvalue weighted by atomic mass is 32.1. The number of thiophene rings is 1. The Kier molecular flexibility index (Phi) is 4.60. The highest BCUT2D eigenvalue weighted by molar-refractivity contribution is 7.11. The first kappa shape index (κ1) is 14.5. The molecule has 5 heteroatoms. The van der Waals surface area contributed by atoms with Crippen molar-refractivity contribution in [3.05, 3.63) is 21.9 Å². The fourth-order valence-electron chi connectivity index (χ4n) is 2.33. The molecule has 2 heterocycles. The zero-order chi connectivity index (χ0) is 13.9. The summed E-state index contributed by atoms with van der Waals surface area (Å²) in [7, 11) is 0. The summed E-state index contributed by atoms with van der Waals surface area (Å²) in [5.74, 6) is 0.112. The molecule has 1 saturated heterocycles. The van der Waals surface area contributed by atoms with Crippen LogP contribution in [0.3, 0.4) is 0 Å². The van der Waals surface area contributed by atoms with Gasteiger partial charge in [0.1, 0.15) is 0 Å². The minimum absolute atomic E-state index is 0.112. The number of hydrogen-bond acceptors (Lipinski definition) is 4. The lowest BCUT2D eigenvalue weighted by atomic mass is 10.0. The Balaban J connectivity index is 1.90. The fraction of sp³-hybridized carbons (Fsp3) is 0.643. The standard InChI is InChI=1S/C14H23N3OS/c1-11-4-5-12(19-11)10-16-13(18)14(2,3)17-8-6-15-7-9-17/h4-5,15H,6-10H2,1-3H3,(H,16,18). The van der Waals surface area contributed by atoms with E-state index in [-0.39, 0.29) is 5.91 Å². The molecule has 1 aromatic rings. The Labute approximate surface area is 119 Å². The maximum absolute atomic E-state index is 12.4. The maximum atomic E-state index is 12.4. The second-order valence-electron chi connectivity index (χ2n) is 5.49. The largest absolute Gasteiger partial charge is 0.350 e. The molecule has 1 aliphatic heterocycles. The fourth-order valence-corrected chi connectivity index (χ4v) is 3.16. The van der Waals surface area contributed by atoms with Crippen LogP contribution in [0, 0.1) is 6.92 Å². The number of nitrogens with one attached hydrogen (secondary N) is 2. The van der Waals surface area contributed by atoms with Gasteiger partial charge < -0.3 is 10.6 Å². The lowest BCUT2D eigenvalue weighted by Crippen LogP contribution is -2.59. The van der Waals surface area contributed by atoms with Crippen molar-refractivity contribution in [1.82, 2.24) is 15.5 Å². The number of nitrogens with zero attached hydrogens (tertiary/aromatic N) is 1. The first-order valence-corrected chi connectivity index (χ1v) is 7.61. The zero-order valence-corrected chi connectivity index (χ0v) is 12.8. The van der Waals surface area contributed by atoms with Gasteiger partial charge in [-0.2, -0.15) is 0 Å². The van der Waals surface area contributed by atoms with Crippen molar-refractivity contribution in [2.45, 2.75) is 32.9 Å². The quantitative estimate of drug-likeness (QED) is 0.876. The lowest BCUT2D eigenvalue weighted by molar-refractivity contribution is -0.132. The summed E-state index contributed by atoms with van der Waals surface area (Å²) in [4.78, 5) is 17.1. The minimum Gasteiger partial charge on any atom is -0.350 e. The molecule has 0 radical (unpaired) electrons. The van der Waals surface area contributed by atoms with Crippen LogP contribution in [0.1, 0.15) is 23.6 Å². The third-order valence-electron chi connectivity index (χ3n) is 3.68. The summed E-state index contributed by atoms with van der Waals surface area (Å²) in [6.07, 6.45) is 0. The van der Waals surface area contributed by atoms with Crippen LogP contribution in [0.25, 0.3) is 0 Å². The molecule has 1 fully saturated rings. The number of carbonyl (C=O) groups is 1. The van der Waals surface area contributed by atoms with Crippen LogP contribution < -0.4 is 10.6 Å². The van der Waals surface area contributed by atoms with Gasteiger partial charge in [-0.25, -0.2) is 0 Å². The molecular weight excluding hydrogens is 258 g/mol. The summed E-state index contributed by atoms with van der Waals surface area (Å²) in [6, 6.07) is 4.17. The molecule has 4 nitrogen and oxygen atoms in total. The smallest absolute Gasteiger partial charge is 0.240 e.